The molecular formula is C10H13ClN2O. The average Bonchev–Trinajstić information content (AvgIpc) is 2.67. The van der Waals surface area contributed by atoms with E-state index in [1.807, 2.05) is 12.1 Å². The summed E-state index contributed by atoms with van der Waals surface area (Å²) in [6.45, 7) is 1.17. The van der Waals surface area contributed by atoms with E-state index in [1.165, 1.54) is 0 Å². The first kappa shape index (κ1) is 9.74. The summed E-state index contributed by atoms with van der Waals surface area (Å²) in [5.74, 6) is 0.908. The lowest BCUT2D eigenvalue weighted by atomic mass is 10.2. The molecule has 0 aliphatic carbocycles. The third-order valence-electron chi connectivity index (χ3n) is 2.59. The van der Waals surface area contributed by atoms with Crippen molar-refractivity contribution in [3.05, 3.63) is 23.4 Å². The molecule has 1 aliphatic rings. The van der Waals surface area contributed by atoms with Gasteiger partial charge in [-0.1, -0.05) is 11.6 Å². The standard InChI is InChI=1S/C10H13ClN2O/c11-8-3-4-10(12-6-8)13-5-1-2-9(13)7-14/h3-4,6,9,14H,1-2,5,7H2. The van der Waals surface area contributed by atoms with Crippen LogP contribution in [-0.2, 0) is 0 Å². The van der Waals surface area contributed by atoms with Gasteiger partial charge in [-0.2, -0.15) is 0 Å². The number of halogens is 1. The maximum Gasteiger partial charge on any atom is 0.128 e. The van der Waals surface area contributed by atoms with Crippen molar-refractivity contribution in [3.63, 3.8) is 0 Å². The Labute approximate surface area is 88.3 Å². The fourth-order valence-corrected chi connectivity index (χ4v) is 1.98. The Balaban J connectivity index is 2.17. The monoisotopic (exact) mass is 212 g/mol. The lowest BCUT2D eigenvalue weighted by molar-refractivity contribution is 0.266. The maximum absolute atomic E-state index is 9.16. The highest BCUT2D eigenvalue weighted by atomic mass is 35.5. The molecule has 0 amide bonds. The fraction of sp³-hybridized carbons (Fsp3) is 0.500. The summed E-state index contributed by atoms with van der Waals surface area (Å²) in [5.41, 5.74) is 0. The predicted octanol–water partition coefficient (Wildman–Crippen LogP) is 1.70. The summed E-state index contributed by atoms with van der Waals surface area (Å²) >= 11 is 5.76. The van der Waals surface area contributed by atoms with Crippen LogP contribution in [0.1, 0.15) is 12.8 Å². The number of aliphatic hydroxyl groups is 1. The lowest BCUT2D eigenvalue weighted by Crippen LogP contribution is -2.32. The summed E-state index contributed by atoms with van der Waals surface area (Å²) in [4.78, 5) is 6.38. The molecule has 1 aromatic rings. The van der Waals surface area contributed by atoms with Crippen molar-refractivity contribution in [1.82, 2.24) is 4.98 Å². The zero-order valence-electron chi connectivity index (χ0n) is 7.86. The van der Waals surface area contributed by atoms with E-state index in [2.05, 4.69) is 9.88 Å². The minimum atomic E-state index is 0.199. The number of anilines is 1. The quantitative estimate of drug-likeness (QED) is 0.811. The number of hydrogen-bond donors (Lipinski definition) is 1. The first-order valence-corrected chi connectivity index (χ1v) is 5.18. The van der Waals surface area contributed by atoms with Crippen LogP contribution in [0.25, 0.3) is 0 Å². The van der Waals surface area contributed by atoms with Gasteiger partial charge in [-0.05, 0) is 25.0 Å². The zero-order valence-corrected chi connectivity index (χ0v) is 8.61. The van der Waals surface area contributed by atoms with Gasteiger partial charge in [0.25, 0.3) is 0 Å². The van der Waals surface area contributed by atoms with Crippen molar-refractivity contribution >= 4 is 17.4 Å². The Morgan fingerprint density at radius 1 is 1.57 bits per heavy atom. The Morgan fingerprint density at radius 3 is 3.07 bits per heavy atom. The number of pyridine rings is 1. The molecule has 4 heteroatoms. The van der Waals surface area contributed by atoms with Crippen LogP contribution in [-0.4, -0.2) is 29.3 Å². The van der Waals surface area contributed by atoms with Crippen LogP contribution in [0, 0.1) is 0 Å². The zero-order chi connectivity index (χ0) is 9.97. The Bertz CT molecular complexity index is 301. The topological polar surface area (TPSA) is 36.4 Å². The van der Waals surface area contributed by atoms with Crippen LogP contribution in [0.15, 0.2) is 18.3 Å². The smallest absolute Gasteiger partial charge is 0.128 e. The molecule has 1 N–H and O–H groups in total. The van der Waals surface area contributed by atoms with E-state index in [1.54, 1.807) is 6.20 Å². The molecule has 0 bridgehead atoms. The van der Waals surface area contributed by atoms with E-state index in [4.69, 9.17) is 16.7 Å². The molecule has 0 spiro atoms. The third-order valence-corrected chi connectivity index (χ3v) is 2.82. The van der Waals surface area contributed by atoms with Crippen molar-refractivity contribution < 1.29 is 5.11 Å². The highest BCUT2D eigenvalue weighted by Gasteiger charge is 2.24. The van der Waals surface area contributed by atoms with Crippen LogP contribution in [0.5, 0.6) is 0 Å². The second kappa shape index (κ2) is 4.15. The highest BCUT2D eigenvalue weighted by molar-refractivity contribution is 6.30. The number of rotatable bonds is 2. The van der Waals surface area contributed by atoms with Crippen LogP contribution < -0.4 is 4.90 Å². The van der Waals surface area contributed by atoms with Crippen LogP contribution in [0.3, 0.4) is 0 Å². The van der Waals surface area contributed by atoms with Gasteiger partial charge in [0.2, 0.25) is 0 Å². The van der Waals surface area contributed by atoms with E-state index in [9.17, 15) is 0 Å². The summed E-state index contributed by atoms with van der Waals surface area (Å²) in [6, 6.07) is 3.95. The molecule has 2 rings (SSSR count). The van der Waals surface area contributed by atoms with E-state index < -0.39 is 0 Å². The summed E-state index contributed by atoms with van der Waals surface area (Å²) in [5, 5.41) is 9.80. The van der Waals surface area contributed by atoms with Crippen LogP contribution >= 0.6 is 11.6 Å². The normalized spacial score (nSPS) is 21.6. The van der Waals surface area contributed by atoms with Crippen molar-refractivity contribution in [2.24, 2.45) is 0 Å². The van der Waals surface area contributed by atoms with Gasteiger partial charge in [0.15, 0.2) is 0 Å². The van der Waals surface area contributed by atoms with Crippen molar-refractivity contribution in [2.75, 3.05) is 18.1 Å². The molecule has 3 nitrogen and oxygen atoms in total. The van der Waals surface area contributed by atoms with Gasteiger partial charge >= 0.3 is 0 Å². The Kier molecular flexibility index (Phi) is 2.89. The molecule has 1 saturated heterocycles. The number of aliphatic hydroxyl groups excluding tert-OH is 1. The molecule has 76 valence electrons. The van der Waals surface area contributed by atoms with Gasteiger partial charge < -0.3 is 10.0 Å². The van der Waals surface area contributed by atoms with Crippen molar-refractivity contribution in [1.29, 1.82) is 0 Å². The predicted molar refractivity (Wildman–Crippen MR) is 56.7 cm³/mol. The molecule has 1 atom stereocenters. The van der Waals surface area contributed by atoms with Gasteiger partial charge in [0, 0.05) is 12.7 Å². The largest absolute Gasteiger partial charge is 0.394 e. The van der Waals surface area contributed by atoms with Crippen LogP contribution in [0.4, 0.5) is 5.82 Å². The summed E-state index contributed by atoms with van der Waals surface area (Å²) in [6.07, 6.45) is 3.81. The Hall–Kier alpha value is -0.800. The average molecular weight is 213 g/mol. The number of hydrogen-bond acceptors (Lipinski definition) is 3. The lowest BCUT2D eigenvalue weighted by Gasteiger charge is -2.23. The molecule has 1 unspecified atom stereocenters. The first-order valence-electron chi connectivity index (χ1n) is 4.80. The molecule has 1 aromatic heterocycles. The van der Waals surface area contributed by atoms with Gasteiger partial charge in [-0.25, -0.2) is 4.98 Å². The second-order valence-corrected chi connectivity index (χ2v) is 3.94. The SMILES string of the molecule is OCC1CCCN1c1ccc(Cl)cn1. The minimum absolute atomic E-state index is 0.199. The molecule has 1 aliphatic heterocycles. The molecule has 14 heavy (non-hydrogen) atoms. The van der Waals surface area contributed by atoms with Crippen molar-refractivity contribution in [3.8, 4) is 0 Å². The fourth-order valence-electron chi connectivity index (χ4n) is 1.87. The van der Waals surface area contributed by atoms with E-state index >= 15 is 0 Å². The van der Waals surface area contributed by atoms with Crippen LogP contribution in [0.2, 0.25) is 5.02 Å². The molecule has 2 heterocycles. The third kappa shape index (κ3) is 1.83. The van der Waals surface area contributed by atoms with Gasteiger partial charge in [-0.3, -0.25) is 0 Å². The molecule has 0 aromatic carbocycles. The molecule has 0 radical (unpaired) electrons. The minimum Gasteiger partial charge on any atom is -0.394 e. The van der Waals surface area contributed by atoms with Gasteiger partial charge in [0.1, 0.15) is 5.82 Å². The van der Waals surface area contributed by atoms with Crippen molar-refractivity contribution in [2.45, 2.75) is 18.9 Å². The van der Waals surface area contributed by atoms with Gasteiger partial charge in [0.05, 0.1) is 17.7 Å². The second-order valence-electron chi connectivity index (χ2n) is 3.51. The molecular weight excluding hydrogens is 200 g/mol. The Morgan fingerprint density at radius 2 is 2.43 bits per heavy atom. The number of aromatic nitrogens is 1. The first-order chi connectivity index (χ1) is 6.81. The van der Waals surface area contributed by atoms with E-state index in [-0.39, 0.29) is 12.6 Å². The van der Waals surface area contributed by atoms with E-state index in [0.717, 1.165) is 25.2 Å². The summed E-state index contributed by atoms with van der Waals surface area (Å²) in [7, 11) is 0. The van der Waals surface area contributed by atoms with Gasteiger partial charge in [-0.15, -0.1) is 0 Å². The summed E-state index contributed by atoms with van der Waals surface area (Å²) < 4.78 is 0. The maximum atomic E-state index is 9.16. The highest BCUT2D eigenvalue weighted by Crippen LogP contribution is 2.23. The van der Waals surface area contributed by atoms with E-state index in [0.29, 0.717) is 5.02 Å². The molecule has 0 saturated carbocycles. The molecule has 1 fully saturated rings. The number of nitrogens with zero attached hydrogens (tertiary/aromatic N) is 2.